The number of aromatic amines is 1. The lowest BCUT2D eigenvalue weighted by Gasteiger charge is -2.16. The molecule has 0 spiro atoms. The number of hydrogen-bond donors (Lipinski definition) is 1. The molecule has 1 aromatic carbocycles. The number of H-pyrrole nitrogens is 1. The lowest BCUT2D eigenvalue weighted by atomic mass is 10.2. The van der Waals surface area contributed by atoms with Crippen molar-refractivity contribution < 1.29 is 9.47 Å². The van der Waals surface area contributed by atoms with Crippen LogP contribution in [0.4, 0.5) is 0 Å². The van der Waals surface area contributed by atoms with Crippen LogP contribution >= 0.6 is 12.2 Å². The molecule has 0 aliphatic carbocycles. The number of nitrogens with zero attached hydrogens (tertiary/aromatic N) is 1. The SMILES string of the molecule is COCC(Cn1c(=S)[nH]c2ccccc2c1=O)OC. The highest BCUT2D eigenvalue weighted by molar-refractivity contribution is 7.71. The number of fused-ring (bicyclic) bond motifs is 1. The van der Waals surface area contributed by atoms with Crippen LogP contribution in [0.2, 0.25) is 0 Å². The molecule has 0 fully saturated rings. The van der Waals surface area contributed by atoms with Gasteiger partial charge in [-0.15, -0.1) is 0 Å². The van der Waals surface area contributed by atoms with Crippen LogP contribution in [0.3, 0.4) is 0 Å². The van der Waals surface area contributed by atoms with E-state index < -0.39 is 0 Å². The van der Waals surface area contributed by atoms with E-state index in [4.69, 9.17) is 21.7 Å². The molecule has 0 aliphatic rings. The van der Waals surface area contributed by atoms with Crippen molar-refractivity contribution in [2.75, 3.05) is 20.8 Å². The highest BCUT2D eigenvalue weighted by atomic mass is 32.1. The predicted octanol–water partition coefficient (Wildman–Crippen LogP) is 1.72. The number of ether oxygens (including phenoxy) is 2. The van der Waals surface area contributed by atoms with Crippen molar-refractivity contribution in [1.29, 1.82) is 0 Å². The summed E-state index contributed by atoms with van der Waals surface area (Å²) in [4.78, 5) is 15.4. The second-order valence-electron chi connectivity index (χ2n) is 4.20. The topological polar surface area (TPSA) is 56.2 Å². The molecule has 1 atom stereocenters. The maximum Gasteiger partial charge on any atom is 0.262 e. The Bertz CT molecular complexity index is 677. The first-order chi connectivity index (χ1) is 9.17. The van der Waals surface area contributed by atoms with Gasteiger partial charge in [0.15, 0.2) is 4.77 Å². The molecule has 0 saturated carbocycles. The van der Waals surface area contributed by atoms with Gasteiger partial charge in [0.25, 0.3) is 5.56 Å². The van der Waals surface area contributed by atoms with Crippen molar-refractivity contribution in [3.05, 3.63) is 39.4 Å². The molecular weight excluding hydrogens is 264 g/mol. The fourth-order valence-corrected chi connectivity index (χ4v) is 2.22. The van der Waals surface area contributed by atoms with Crippen LogP contribution in [0.25, 0.3) is 10.9 Å². The fourth-order valence-electron chi connectivity index (χ4n) is 1.95. The van der Waals surface area contributed by atoms with E-state index in [1.807, 2.05) is 18.2 Å². The van der Waals surface area contributed by atoms with E-state index in [2.05, 4.69) is 4.98 Å². The standard InChI is InChI=1S/C13H16N2O3S/c1-17-8-9(18-2)7-15-12(16)10-5-3-4-6-11(10)14-13(15)19/h3-6,9H,7-8H2,1-2H3,(H,14,19). The number of hydrogen-bond acceptors (Lipinski definition) is 4. The van der Waals surface area contributed by atoms with Gasteiger partial charge in [0.1, 0.15) is 0 Å². The Kier molecular flexibility index (Phi) is 4.47. The molecule has 0 saturated heterocycles. The van der Waals surface area contributed by atoms with Gasteiger partial charge in [0.2, 0.25) is 0 Å². The summed E-state index contributed by atoms with van der Waals surface area (Å²) in [5.41, 5.74) is 0.631. The molecular formula is C13H16N2O3S. The third-order valence-corrected chi connectivity index (χ3v) is 3.28. The molecule has 2 aromatic rings. The first-order valence-corrected chi connectivity index (χ1v) is 6.31. The Morgan fingerprint density at radius 1 is 1.37 bits per heavy atom. The number of rotatable bonds is 5. The molecule has 5 nitrogen and oxygen atoms in total. The van der Waals surface area contributed by atoms with Crippen LogP contribution < -0.4 is 5.56 Å². The van der Waals surface area contributed by atoms with Crippen molar-refractivity contribution in [2.24, 2.45) is 0 Å². The second-order valence-corrected chi connectivity index (χ2v) is 4.59. The molecule has 1 heterocycles. The summed E-state index contributed by atoms with van der Waals surface area (Å²) in [7, 11) is 3.18. The quantitative estimate of drug-likeness (QED) is 0.847. The predicted molar refractivity (Wildman–Crippen MR) is 76.1 cm³/mol. The van der Waals surface area contributed by atoms with E-state index in [0.29, 0.717) is 23.3 Å². The molecule has 1 aromatic heterocycles. The minimum atomic E-state index is -0.209. The van der Waals surface area contributed by atoms with Gasteiger partial charge < -0.3 is 14.5 Å². The number of aromatic nitrogens is 2. The zero-order chi connectivity index (χ0) is 13.8. The van der Waals surface area contributed by atoms with Gasteiger partial charge in [0, 0.05) is 14.2 Å². The summed E-state index contributed by atoms with van der Waals surface area (Å²) in [6.07, 6.45) is -0.209. The van der Waals surface area contributed by atoms with Gasteiger partial charge in [-0.3, -0.25) is 9.36 Å². The van der Waals surface area contributed by atoms with Gasteiger partial charge in [-0.05, 0) is 24.4 Å². The summed E-state index contributed by atoms with van der Waals surface area (Å²) in [5, 5.41) is 0.614. The molecule has 0 radical (unpaired) electrons. The van der Waals surface area contributed by atoms with Crippen LogP contribution in [-0.4, -0.2) is 36.5 Å². The summed E-state index contributed by atoms with van der Waals surface area (Å²) < 4.78 is 12.2. The molecule has 19 heavy (non-hydrogen) atoms. The Morgan fingerprint density at radius 2 is 2.11 bits per heavy atom. The average Bonchev–Trinajstić information content (AvgIpc) is 2.42. The summed E-state index contributed by atoms with van der Waals surface area (Å²) >= 11 is 5.23. The van der Waals surface area contributed by atoms with E-state index >= 15 is 0 Å². The number of methoxy groups -OCH3 is 2. The monoisotopic (exact) mass is 280 g/mol. The van der Waals surface area contributed by atoms with Crippen LogP contribution in [0.15, 0.2) is 29.1 Å². The Labute approximate surface area is 115 Å². The molecule has 1 N–H and O–H groups in total. The highest BCUT2D eigenvalue weighted by Crippen LogP contribution is 2.06. The maximum absolute atomic E-state index is 12.4. The molecule has 0 bridgehead atoms. The molecule has 0 aliphatic heterocycles. The van der Waals surface area contributed by atoms with Crippen LogP contribution in [0, 0.1) is 4.77 Å². The zero-order valence-corrected chi connectivity index (χ0v) is 11.7. The molecule has 102 valence electrons. The smallest absolute Gasteiger partial charge is 0.262 e. The summed E-state index contributed by atoms with van der Waals surface area (Å²) in [6.45, 7) is 0.772. The summed E-state index contributed by atoms with van der Waals surface area (Å²) in [6, 6.07) is 7.30. The Morgan fingerprint density at radius 3 is 2.79 bits per heavy atom. The number of benzene rings is 1. The minimum Gasteiger partial charge on any atom is -0.382 e. The van der Waals surface area contributed by atoms with Crippen molar-refractivity contribution in [1.82, 2.24) is 9.55 Å². The van der Waals surface area contributed by atoms with Crippen molar-refractivity contribution in [3.8, 4) is 0 Å². The van der Waals surface area contributed by atoms with Gasteiger partial charge in [-0.25, -0.2) is 0 Å². The fraction of sp³-hybridized carbons (Fsp3) is 0.385. The molecule has 2 rings (SSSR count). The maximum atomic E-state index is 12.4. The third kappa shape index (κ3) is 2.91. The van der Waals surface area contributed by atoms with Crippen LogP contribution in [-0.2, 0) is 16.0 Å². The van der Waals surface area contributed by atoms with Gasteiger partial charge in [-0.1, -0.05) is 12.1 Å². The Balaban J connectivity index is 2.49. The first-order valence-electron chi connectivity index (χ1n) is 5.91. The molecule has 1 unspecified atom stereocenters. The average molecular weight is 280 g/mol. The Hall–Kier alpha value is -1.50. The number of nitrogens with one attached hydrogen (secondary N) is 1. The lowest BCUT2D eigenvalue weighted by molar-refractivity contribution is 0.0175. The van der Waals surface area contributed by atoms with Gasteiger partial charge >= 0.3 is 0 Å². The normalized spacial score (nSPS) is 12.7. The van der Waals surface area contributed by atoms with Crippen LogP contribution in [0.5, 0.6) is 0 Å². The molecule has 0 amide bonds. The largest absolute Gasteiger partial charge is 0.382 e. The zero-order valence-electron chi connectivity index (χ0n) is 10.9. The van der Waals surface area contributed by atoms with E-state index in [1.165, 1.54) is 4.57 Å². The van der Waals surface area contributed by atoms with E-state index in [-0.39, 0.29) is 11.7 Å². The first kappa shape index (κ1) is 13.9. The molecule has 6 heteroatoms. The van der Waals surface area contributed by atoms with Gasteiger partial charge in [-0.2, -0.15) is 0 Å². The van der Waals surface area contributed by atoms with Gasteiger partial charge in [0.05, 0.1) is 30.2 Å². The van der Waals surface area contributed by atoms with Crippen molar-refractivity contribution in [2.45, 2.75) is 12.6 Å². The van der Waals surface area contributed by atoms with E-state index in [1.54, 1.807) is 20.3 Å². The highest BCUT2D eigenvalue weighted by Gasteiger charge is 2.12. The van der Waals surface area contributed by atoms with Crippen LogP contribution in [0.1, 0.15) is 0 Å². The van der Waals surface area contributed by atoms with E-state index in [0.717, 1.165) is 5.52 Å². The van der Waals surface area contributed by atoms with Crippen molar-refractivity contribution in [3.63, 3.8) is 0 Å². The minimum absolute atomic E-state index is 0.113. The van der Waals surface area contributed by atoms with Crippen molar-refractivity contribution >= 4 is 23.1 Å². The summed E-state index contributed by atoms with van der Waals surface area (Å²) in [5.74, 6) is 0. The number of para-hydroxylation sites is 1. The second kappa shape index (κ2) is 6.10. The lowest BCUT2D eigenvalue weighted by Crippen LogP contribution is -2.31. The van der Waals surface area contributed by atoms with E-state index in [9.17, 15) is 4.79 Å². The third-order valence-electron chi connectivity index (χ3n) is 2.96.